The van der Waals surface area contributed by atoms with Gasteiger partial charge in [-0.2, -0.15) is 0 Å². The Labute approximate surface area is 106 Å². The van der Waals surface area contributed by atoms with Gasteiger partial charge < -0.3 is 5.32 Å². The molecule has 0 saturated carbocycles. The van der Waals surface area contributed by atoms with Crippen LogP contribution in [0.1, 0.15) is 12.8 Å². The molecule has 0 radical (unpaired) electrons. The van der Waals surface area contributed by atoms with Crippen LogP contribution in [0.15, 0.2) is 24.3 Å². The Balaban J connectivity index is 1.96. The zero-order valence-electron chi connectivity index (χ0n) is 8.87. The molecule has 1 aromatic carbocycles. The van der Waals surface area contributed by atoms with E-state index in [1.54, 1.807) is 0 Å². The van der Waals surface area contributed by atoms with Crippen LogP contribution in [0.5, 0.6) is 0 Å². The zero-order valence-corrected chi connectivity index (χ0v) is 10.4. The molecule has 86 valence electrons. The number of thiocarbonyl (C=S) groups is 1. The van der Waals surface area contributed by atoms with Crippen LogP contribution >= 0.6 is 23.8 Å². The monoisotopic (exact) mass is 255 g/mol. The highest BCUT2D eigenvalue weighted by Gasteiger charge is 2.12. The van der Waals surface area contributed by atoms with E-state index in [1.807, 2.05) is 29.3 Å². The largest absolute Gasteiger partial charge is 0.331 e. The van der Waals surface area contributed by atoms with Gasteiger partial charge in [-0.25, -0.2) is 5.43 Å². The fraction of sp³-hybridized carbons (Fsp3) is 0.364. The standard InChI is InChI=1S/C11H14ClN3S/c12-9-4-3-5-10(8-9)14-11(16)15-7-2-1-6-13-15/h3-5,8,13H,1-2,6-7H2,(H,14,16). The second kappa shape index (κ2) is 5.48. The minimum Gasteiger partial charge on any atom is -0.331 e. The first kappa shape index (κ1) is 11.6. The zero-order chi connectivity index (χ0) is 11.4. The molecule has 0 aromatic heterocycles. The Hall–Kier alpha value is -0.840. The molecule has 0 unspecified atom stereocenters. The predicted molar refractivity (Wildman–Crippen MR) is 71.6 cm³/mol. The molecule has 1 aliphatic heterocycles. The number of hydrogen-bond acceptors (Lipinski definition) is 2. The lowest BCUT2D eigenvalue weighted by molar-refractivity contribution is 0.261. The molecular formula is C11H14ClN3S. The molecule has 16 heavy (non-hydrogen) atoms. The summed E-state index contributed by atoms with van der Waals surface area (Å²) in [5.74, 6) is 0. The predicted octanol–water partition coefficient (Wildman–Crippen LogP) is 2.64. The van der Waals surface area contributed by atoms with E-state index in [4.69, 9.17) is 23.8 Å². The van der Waals surface area contributed by atoms with Crippen molar-refractivity contribution in [1.82, 2.24) is 10.4 Å². The summed E-state index contributed by atoms with van der Waals surface area (Å²) in [6.45, 7) is 1.93. The van der Waals surface area contributed by atoms with Gasteiger partial charge in [0.15, 0.2) is 5.11 Å². The molecule has 2 rings (SSSR count). The maximum atomic E-state index is 5.90. The van der Waals surface area contributed by atoms with E-state index in [0.717, 1.165) is 18.8 Å². The van der Waals surface area contributed by atoms with Gasteiger partial charge in [0.1, 0.15) is 0 Å². The Morgan fingerprint density at radius 3 is 3.00 bits per heavy atom. The molecular weight excluding hydrogens is 242 g/mol. The van der Waals surface area contributed by atoms with Gasteiger partial charge in [-0.05, 0) is 43.3 Å². The number of anilines is 1. The van der Waals surface area contributed by atoms with Crippen molar-refractivity contribution in [3.63, 3.8) is 0 Å². The number of halogens is 1. The van der Waals surface area contributed by atoms with Crippen LogP contribution in [-0.4, -0.2) is 23.2 Å². The van der Waals surface area contributed by atoms with E-state index in [1.165, 1.54) is 12.8 Å². The highest BCUT2D eigenvalue weighted by atomic mass is 35.5. The van der Waals surface area contributed by atoms with E-state index in [-0.39, 0.29) is 0 Å². The lowest BCUT2D eigenvalue weighted by Gasteiger charge is -2.30. The second-order valence-corrected chi connectivity index (χ2v) is 4.53. The van der Waals surface area contributed by atoms with Gasteiger partial charge in [-0.1, -0.05) is 17.7 Å². The second-order valence-electron chi connectivity index (χ2n) is 3.71. The number of nitrogens with zero attached hydrogens (tertiary/aromatic N) is 1. The van der Waals surface area contributed by atoms with Gasteiger partial charge in [-0.3, -0.25) is 5.01 Å². The SMILES string of the molecule is S=C(Nc1cccc(Cl)c1)N1CCCCN1. The quantitative estimate of drug-likeness (QED) is 0.755. The average molecular weight is 256 g/mol. The van der Waals surface area contributed by atoms with Crippen LogP contribution in [0, 0.1) is 0 Å². The summed E-state index contributed by atoms with van der Waals surface area (Å²) in [4.78, 5) is 0. The Kier molecular flexibility index (Phi) is 3.98. The molecule has 0 amide bonds. The summed E-state index contributed by atoms with van der Waals surface area (Å²) < 4.78 is 0. The summed E-state index contributed by atoms with van der Waals surface area (Å²) in [6, 6.07) is 7.55. The molecule has 1 fully saturated rings. The van der Waals surface area contributed by atoms with Crippen LogP contribution in [-0.2, 0) is 0 Å². The van der Waals surface area contributed by atoms with Crippen LogP contribution in [0.3, 0.4) is 0 Å². The van der Waals surface area contributed by atoms with Gasteiger partial charge in [0.05, 0.1) is 0 Å². The van der Waals surface area contributed by atoms with Crippen molar-refractivity contribution >= 4 is 34.6 Å². The van der Waals surface area contributed by atoms with Crippen molar-refractivity contribution in [2.24, 2.45) is 0 Å². The van der Waals surface area contributed by atoms with Crippen molar-refractivity contribution in [2.75, 3.05) is 18.4 Å². The highest BCUT2D eigenvalue weighted by Crippen LogP contribution is 2.15. The smallest absolute Gasteiger partial charge is 0.187 e. The molecule has 1 aliphatic rings. The van der Waals surface area contributed by atoms with Crippen molar-refractivity contribution in [2.45, 2.75) is 12.8 Å². The molecule has 2 N–H and O–H groups in total. The van der Waals surface area contributed by atoms with Gasteiger partial charge in [0, 0.05) is 23.8 Å². The third-order valence-corrected chi connectivity index (χ3v) is 2.99. The minimum absolute atomic E-state index is 0.696. The van der Waals surface area contributed by atoms with Crippen LogP contribution in [0.4, 0.5) is 5.69 Å². The van der Waals surface area contributed by atoms with E-state index in [9.17, 15) is 0 Å². The number of rotatable bonds is 1. The summed E-state index contributed by atoms with van der Waals surface area (Å²) in [5, 5.41) is 6.54. The molecule has 1 heterocycles. The van der Waals surface area contributed by atoms with Crippen LogP contribution < -0.4 is 10.7 Å². The first-order valence-electron chi connectivity index (χ1n) is 5.33. The number of benzene rings is 1. The Bertz CT molecular complexity index is 377. The highest BCUT2D eigenvalue weighted by molar-refractivity contribution is 7.80. The number of hydrogen-bond donors (Lipinski definition) is 2. The number of hydrazine groups is 1. The maximum Gasteiger partial charge on any atom is 0.187 e. The van der Waals surface area contributed by atoms with Crippen molar-refractivity contribution in [3.05, 3.63) is 29.3 Å². The first-order valence-corrected chi connectivity index (χ1v) is 6.12. The van der Waals surface area contributed by atoms with Gasteiger partial charge >= 0.3 is 0 Å². The normalized spacial score (nSPS) is 15.9. The van der Waals surface area contributed by atoms with Crippen molar-refractivity contribution < 1.29 is 0 Å². The average Bonchev–Trinajstić information content (AvgIpc) is 2.30. The molecule has 0 atom stereocenters. The number of nitrogens with one attached hydrogen (secondary N) is 2. The lowest BCUT2D eigenvalue weighted by atomic mass is 10.3. The summed E-state index contributed by atoms with van der Waals surface area (Å²) in [6.07, 6.45) is 2.38. The van der Waals surface area contributed by atoms with Crippen LogP contribution in [0.2, 0.25) is 5.02 Å². The van der Waals surface area contributed by atoms with Crippen LogP contribution in [0.25, 0.3) is 0 Å². The van der Waals surface area contributed by atoms with Crippen molar-refractivity contribution in [1.29, 1.82) is 0 Å². The molecule has 0 aliphatic carbocycles. The molecule has 3 nitrogen and oxygen atoms in total. The molecule has 0 spiro atoms. The molecule has 1 aromatic rings. The van der Waals surface area contributed by atoms with Crippen molar-refractivity contribution in [3.8, 4) is 0 Å². The van der Waals surface area contributed by atoms with Gasteiger partial charge in [-0.15, -0.1) is 0 Å². The van der Waals surface area contributed by atoms with E-state index in [0.29, 0.717) is 10.1 Å². The summed E-state index contributed by atoms with van der Waals surface area (Å²) >= 11 is 11.2. The lowest BCUT2D eigenvalue weighted by Crippen LogP contribution is -2.48. The van der Waals surface area contributed by atoms with Gasteiger partial charge in [0.2, 0.25) is 0 Å². The Morgan fingerprint density at radius 1 is 1.44 bits per heavy atom. The fourth-order valence-electron chi connectivity index (χ4n) is 1.62. The van der Waals surface area contributed by atoms with E-state index < -0.39 is 0 Å². The van der Waals surface area contributed by atoms with E-state index >= 15 is 0 Å². The summed E-state index contributed by atoms with van der Waals surface area (Å²) in [5.41, 5.74) is 4.17. The summed E-state index contributed by atoms with van der Waals surface area (Å²) in [7, 11) is 0. The minimum atomic E-state index is 0.696. The topological polar surface area (TPSA) is 27.3 Å². The fourth-order valence-corrected chi connectivity index (χ4v) is 2.08. The molecule has 0 bridgehead atoms. The third-order valence-electron chi connectivity index (χ3n) is 2.43. The maximum absolute atomic E-state index is 5.90. The Morgan fingerprint density at radius 2 is 2.31 bits per heavy atom. The van der Waals surface area contributed by atoms with E-state index in [2.05, 4.69) is 10.7 Å². The van der Waals surface area contributed by atoms with Gasteiger partial charge in [0.25, 0.3) is 0 Å². The third kappa shape index (κ3) is 3.07. The molecule has 5 heteroatoms. The molecule has 1 saturated heterocycles. The first-order chi connectivity index (χ1) is 7.75.